The minimum Gasteiger partial charge on any atom is -0.481 e. The number of carbonyl (C=O) groups is 1. The second kappa shape index (κ2) is 8.13. The molecule has 1 fully saturated rings. The zero-order chi connectivity index (χ0) is 16.8. The summed E-state index contributed by atoms with van der Waals surface area (Å²) in [5.41, 5.74) is 0. The summed E-state index contributed by atoms with van der Waals surface area (Å²) in [6.45, 7) is 0. The van der Waals surface area contributed by atoms with E-state index in [2.05, 4.69) is 10.1 Å². The number of nitrogens with zero attached hydrogens (tertiary/aromatic N) is 2. The number of aromatic nitrogens is 2. The Labute approximate surface area is 141 Å². The fourth-order valence-electron chi connectivity index (χ4n) is 3.56. The monoisotopic (exact) mass is 332 g/mol. The lowest BCUT2D eigenvalue weighted by atomic mass is 9.84. The van der Waals surface area contributed by atoms with E-state index in [0.29, 0.717) is 17.5 Å². The summed E-state index contributed by atoms with van der Waals surface area (Å²) in [4.78, 5) is 15.5. The molecule has 1 atom stereocenters. The van der Waals surface area contributed by atoms with Crippen molar-refractivity contribution >= 4 is 5.97 Å². The average molecular weight is 332 g/mol. The van der Waals surface area contributed by atoms with Gasteiger partial charge in [0.1, 0.15) is 0 Å². The molecule has 1 unspecified atom stereocenters. The van der Waals surface area contributed by atoms with E-state index < -0.39 is 5.97 Å². The third-order valence-corrected chi connectivity index (χ3v) is 4.84. The number of rotatable bonds is 8. The van der Waals surface area contributed by atoms with E-state index in [0.717, 1.165) is 25.2 Å². The standard InChI is InChI=1S/C18H24N2O4/c21-16(22)12-14(9-4-8-13-6-2-1-3-7-13)18-19-17(20-24-18)15-10-5-11-23-15/h5,10-11,13-14H,1-4,6-9,12H2,(H,21,22). The molecule has 0 aliphatic heterocycles. The molecule has 1 aliphatic rings. The van der Waals surface area contributed by atoms with Crippen molar-refractivity contribution in [2.24, 2.45) is 5.92 Å². The first-order chi connectivity index (χ1) is 11.7. The van der Waals surface area contributed by atoms with Crippen LogP contribution >= 0.6 is 0 Å². The van der Waals surface area contributed by atoms with Gasteiger partial charge in [-0.1, -0.05) is 50.1 Å². The molecule has 2 aromatic rings. The van der Waals surface area contributed by atoms with Crippen LogP contribution in [0, 0.1) is 5.92 Å². The van der Waals surface area contributed by atoms with Crippen molar-refractivity contribution in [2.75, 3.05) is 0 Å². The van der Waals surface area contributed by atoms with Crippen molar-refractivity contribution in [1.82, 2.24) is 10.1 Å². The normalized spacial score (nSPS) is 17.0. The van der Waals surface area contributed by atoms with Crippen LogP contribution in [0.5, 0.6) is 0 Å². The van der Waals surface area contributed by atoms with Gasteiger partial charge < -0.3 is 14.0 Å². The van der Waals surface area contributed by atoms with Crippen LogP contribution in [0.4, 0.5) is 0 Å². The van der Waals surface area contributed by atoms with Crippen LogP contribution in [0.2, 0.25) is 0 Å². The smallest absolute Gasteiger partial charge is 0.304 e. The molecule has 0 bridgehead atoms. The Morgan fingerprint density at radius 1 is 1.33 bits per heavy atom. The Kier molecular flexibility index (Phi) is 5.67. The van der Waals surface area contributed by atoms with Crippen LogP contribution in [0.15, 0.2) is 27.3 Å². The maximum atomic E-state index is 11.2. The van der Waals surface area contributed by atoms with E-state index in [4.69, 9.17) is 8.94 Å². The van der Waals surface area contributed by atoms with Crippen molar-refractivity contribution in [2.45, 2.75) is 63.7 Å². The molecule has 3 rings (SSSR count). The minimum atomic E-state index is -0.838. The molecule has 0 spiro atoms. The van der Waals surface area contributed by atoms with E-state index in [1.165, 1.54) is 32.1 Å². The van der Waals surface area contributed by atoms with Crippen molar-refractivity contribution in [3.8, 4) is 11.6 Å². The van der Waals surface area contributed by atoms with Gasteiger partial charge in [-0.25, -0.2) is 0 Å². The Morgan fingerprint density at radius 3 is 2.88 bits per heavy atom. The van der Waals surface area contributed by atoms with Gasteiger partial charge in [-0.05, 0) is 24.5 Å². The first-order valence-electron chi connectivity index (χ1n) is 8.81. The van der Waals surface area contributed by atoms with Crippen molar-refractivity contribution < 1.29 is 18.8 Å². The Hall–Kier alpha value is -2.11. The van der Waals surface area contributed by atoms with Gasteiger partial charge in [-0.2, -0.15) is 4.98 Å². The van der Waals surface area contributed by atoms with Gasteiger partial charge in [0.05, 0.1) is 12.7 Å². The number of hydrogen-bond donors (Lipinski definition) is 1. The largest absolute Gasteiger partial charge is 0.481 e. The SMILES string of the molecule is O=C(O)CC(CCCC1CCCCC1)c1nc(-c2ccco2)no1. The fourth-order valence-corrected chi connectivity index (χ4v) is 3.56. The highest BCUT2D eigenvalue weighted by Gasteiger charge is 2.24. The molecule has 2 heterocycles. The number of hydrogen-bond acceptors (Lipinski definition) is 5. The molecule has 0 saturated heterocycles. The summed E-state index contributed by atoms with van der Waals surface area (Å²) >= 11 is 0. The van der Waals surface area contributed by atoms with Gasteiger partial charge >= 0.3 is 5.97 Å². The molecule has 6 nitrogen and oxygen atoms in total. The highest BCUT2D eigenvalue weighted by molar-refractivity contribution is 5.67. The molecule has 0 amide bonds. The summed E-state index contributed by atoms with van der Waals surface area (Å²) in [6.07, 6.45) is 11.1. The van der Waals surface area contributed by atoms with Gasteiger partial charge in [0.15, 0.2) is 5.76 Å². The van der Waals surface area contributed by atoms with E-state index in [1.807, 2.05) is 0 Å². The fraction of sp³-hybridized carbons (Fsp3) is 0.611. The lowest BCUT2D eigenvalue weighted by Crippen LogP contribution is -2.09. The predicted molar refractivity (Wildman–Crippen MR) is 87.4 cm³/mol. The molecule has 130 valence electrons. The molecule has 1 saturated carbocycles. The van der Waals surface area contributed by atoms with Gasteiger partial charge in [-0.15, -0.1) is 0 Å². The zero-order valence-corrected chi connectivity index (χ0v) is 13.8. The minimum absolute atomic E-state index is 0.0183. The molecule has 24 heavy (non-hydrogen) atoms. The maximum Gasteiger partial charge on any atom is 0.304 e. The second-order valence-corrected chi connectivity index (χ2v) is 6.66. The third kappa shape index (κ3) is 4.46. The summed E-state index contributed by atoms with van der Waals surface area (Å²) < 4.78 is 10.6. The molecule has 6 heteroatoms. The van der Waals surface area contributed by atoms with Gasteiger partial charge in [-0.3, -0.25) is 4.79 Å². The number of carboxylic acid groups (broad SMARTS) is 1. The van der Waals surface area contributed by atoms with E-state index in [-0.39, 0.29) is 12.3 Å². The molecule has 1 N–H and O–H groups in total. The third-order valence-electron chi connectivity index (χ3n) is 4.84. The molecule has 1 aliphatic carbocycles. The molecule has 2 aromatic heterocycles. The first kappa shape index (κ1) is 16.7. The number of aliphatic carboxylic acids is 1. The van der Waals surface area contributed by atoms with Crippen molar-refractivity contribution in [1.29, 1.82) is 0 Å². The summed E-state index contributed by atoms with van der Waals surface area (Å²) in [5.74, 6) is 1.02. The molecular weight excluding hydrogens is 308 g/mol. The lowest BCUT2D eigenvalue weighted by Gasteiger charge is -2.21. The average Bonchev–Trinajstić information content (AvgIpc) is 3.26. The topological polar surface area (TPSA) is 89.4 Å². The summed E-state index contributed by atoms with van der Waals surface area (Å²) in [7, 11) is 0. The quantitative estimate of drug-likeness (QED) is 0.757. The molecule has 0 aromatic carbocycles. The zero-order valence-electron chi connectivity index (χ0n) is 13.8. The Bertz CT molecular complexity index is 629. The van der Waals surface area contributed by atoms with Crippen LogP contribution in [-0.4, -0.2) is 21.2 Å². The van der Waals surface area contributed by atoms with Gasteiger partial charge in [0, 0.05) is 5.92 Å². The van der Waals surface area contributed by atoms with Crippen LogP contribution in [0.1, 0.15) is 69.6 Å². The molecule has 0 radical (unpaired) electrons. The molecular formula is C18H24N2O4. The van der Waals surface area contributed by atoms with Crippen LogP contribution < -0.4 is 0 Å². The van der Waals surface area contributed by atoms with Crippen LogP contribution in [-0.2, 0) is 4.79 Å². The number of furan rings is 1. The van der Waals surface area contributed by atoms with Crippen LogP contribution in [0.3, 0.4) is 0 Å². The summed E-state index contributed by atoms with van der Waals surface area (Å²) in [6, 6.07) is 3.51. The number of carboxylic acids is 1. The Balaban J connectivity index is 1.59. The van der Waals surface area contributed by atoms with Gasteiger partial charge in [0.25, 0.3) is 0 Å². The van der Waals surface area contributed by atoms with Crippen molar-refractivity contribution in [3.05, 3.63) is 24.3 Å². The van der Waals surface area contributed by atoms with E-state index in [9.17, 15) is 9.90 Å². The highest BCUT2D eigenvalue weighted by atomic mass is 16.5. The Morgan fingerprint density at radius 2 is 2.17 bits per heavy atom. The lowest BCUT2D eigenvalue weighted by molar-refractivity contribution is -0.137. The van der Waals surface area contributed by atoms with E-state index >= 15 is 0 Å². The first-order valence-corrected chi connectivity index (χ1v) is 8.81. The predicted octanol–water partition coefficient (Wildman–Crippen LogP) is 4.64. The van der Waals surface area contributed by atoms with E-state index in [1.54, 1.807) is 18.4 Å². The maximum absolute atomic E-state index is 11.2. The summed E-state index contributed by atoms with van der Waals surface area (Å²) in [5, 5.41) is 13.1. The van der Waals surface area contributed by atoms with Crippen molar-refractivity contribution in [3.63, 3.8) is 0 Å². The van der Waals surface area contributed by atoms with Crippen LogP contribution in [0.25, 0.3) is 11.6 Å². The highest BCUT2D eigenvalue weighted by Crippen LogP contribution is 2.31. The van der Waals surface area contributed by atoms with Gasteiger partial charge in [0.2, 0.25) is 11.7 Å². The second-order valence-electron chi connectivity index (χ2n) is 6.66.